The van der Waals surface area contributed by atoms with Crippen LogP contribution in [0.3, 0.4) is 0 Å². The molecule has 0 atom stereocenters. The van der Waals surface area contributed by atoms with Crippen molar-refractivity contribution in [2.75, 3.05) is 25.9 Å². The first-order valence-electron chi connectivity index (χ1n) is 7.58. The van der Waals surface area contributed by atoms with Crippen molar-refractivity contribution in [2.45, 2.75) is 25.3 Å². The molecule has 2 rings (SSSR count). The van der Waals surface area contributed by atoms with Gasteiger partial charge in [-0.05, 0) is 37.0 Å². The first kappa shape index (κ1) is 17.7. The monoisotopic (exact) mass is 343 g/mol. The molecule has 128 valence electrons. The lowest BCUT2D eigenvalue weighted by Crippen LogP contribution is -2.49. The molecule has 1 aliphatic rings. The second kappa shape index (κ2) is 7.74. The van der Waals surface area contributed by atoms with Gasteiger partial charge < -0.3 is 10.2 Å². The molecule has 1 aliphatic heterocycles. The molecule has 6 nitrogen and oxygen atoms in total. The molecule has 2 N–H and O–H groups in total. The minimum absolute atomic E-state index is 0.103. The van der Waals surface area contributed by atoms with Crippen molar-refractivity contribution < 1.29 is 17.6 Å². The van der Waals surface area contributed by atoms with Crippen LogP contribution in [0.15, 0.2) is 24.3 Å². The molecular formula is C15H22FN3O3S. The minimum atomic E-state index is -3.21. The van der Waals surface area contributed by atoms with Crippen molar-refractivity contribution in [1.82, 2.24) is 14.9 Å². The standard InChI is InChI=1S/C15H22FN3O3S/c1-23(21,22)18-14-7-10-19(11-8-14)15(20)17-9-6-12-2-4-13(16)5-3-12/h2-5,14,18H,6-11H2,1H3,(H,17,20). The largest absolute Gasteiger partial charge is 0.338 e. The molecule has 0 aliphatic carbocycles. The van der Waals surface area contributed by atoms with Crippen molar-refractivity contribution in [1.29, 1.82) is 0 Å². The Hall–Kier alpha value is -1.67. The van der Waals surface area contributed by atoms with Crippen LogP contribution in [-0.4, -0.2) is 51.3 Å². The number of hydrogen-bond acceptors (Lipinski definition) is 3. The molecule has 2 amide bonds. The van der Waals surface area contributed by atoms with Crippen LogP contribution in [-0.2, 0) is 16.4 Å². The number of nitrogens with zero attached hydrogens (tertiary/aromatic N) is 1. The maximum absolute atomic E-state index is 12.8. The van der Waals surface area contributed by atoms with Gasteiger partial charge in [-0.3, -0.25) is 0 Å². The van der Waals surface area contributed by atoms with E-state index in [-0.39, 0.29) is 17.9 Å². The fraction of sp³-hybridized carbons (Fsp3) is 0.533. The second-order valence-electron chi connectivity index (χ2n) is 5.76. The van der Waals surface area contributed by atoms with Crippen LogP contribution < -0.4 is 10.0 Å². The van der Waals surface area contributed by atoms with Gasteiger partial charge in [0.05, 0.1) is 6.26 Å². The Morgan fingerprint density at radius 2 is 1.87 bits per heavy atom. The molecule has 0 aromatic heterocycles. The summed E-state index contributed by atoms with van der Waals surface area (Å²) in [6.07, 6.45) is 3.00. The van der Waals surface area contributed by atoms with E-state index in [2.05, 4.69) is 10.0 Å². The average molecular weight is 343 g/mol. The summed E-state index contributed by atoms with van der Waals surface area (Å²) in [6, 6.07) is 5.94. The van der Waals surface area contributed by atoms with Crippen LogP contribution in [0.5, 0.6) is 0 Å². The molecule has 0 saturated carbocycles. The molecule has 1 aromatic carbocycles. The van der Waals surface area contributed by atoms with E-state index in [1.54, 1.807) is 17.0 Å². The Morgan fingerprint density at radius 1 is 1.26 bits per heavy atom. The van der Waals surface area contributed by atoms with Gasteiger partial charge in [-0.15, -0.1) is 0 Å². The summed E-state index contributed by atoms with van der Waals surface area (Å²) in [4.78, 5) is 13.7. The lowest BCUT2D eigenvalue weighted by Gasteiger charge is -2.32. The average Bonchev–Trinajstić information content (AvgIpc) is 2.48. The summed E-state index contributed by atoms with van der Waals surface area (Å²) in [5.41, 5.74) is 0.961. The summed E-state index contributed by atoms with van der Waals surface area (Å²) >= 11 is 0. The molecule has 8 heteroatoms. The van der Waals surface area contributed by atoms with Crippen molar-refractivity contribution in [3.05, 3.63) is 35.6 Å². The van der Waals surface area contributed by atoms with Crippen LogP contribution in [0.25, 0.3) is 0 Å². The van der Waals surface area contributed by atoms with Crippen molar-refractivity contribution in [3.8, 4) is 0 Å². The number of halogens is 1. The lowest BCUT2D eigenvalue weighted by molar-refractivity contribution is 0.180. The summed E-state index contributed by atoms with van der Waals surface area (Å²) in [5.74, 6) is -0.275. The SMILES string of the molecule is CS(=O)(=O)NC1CCN(C(=O)NCCc2ccc(F)cc2)CC1. The summed E-state index contributed by atoms with van der Waals surface area (Å²) in [5, 5.41) is 2.83. The number of piperidine rings is 1. The predicted molar refractivity (Wildman–Crippen MR) is 86.1 cm³/mol. The number of urea groups is 1. The maximum atomic E-state index is 12.8. The molecular weight excluding hydrogens is 321 g/mol. The zero-order valence-corrected chi connectivity index (χ0v) is 13.9. The van der Waals surface area contributed by atoms with E-state index in [0.29, 0.717) is 38.9 Å². The molecule has 0 bridgehead atoms. The smallest absolute Gasteiger partial charge is 0.317 e. The molecule has 1 aromatic rings. The Kier molecular flexibility index (Phi) is 5.95. The number of likely N-dealkylation sites (tertiary alicyclic amines) is 1. The first-order valence-corrected chi connectivity index (χ1v) is 9.47. The fourth-order valence-corrected chi connectivity index (χ4v) is 3.42. The van der Waals surface area contributed by atoms with E-state index in [9.17, 15) is 17.6 Å². The van der Waals surface area contributed by atoms with Crippen molar-refractivity contribution in [2.24, 2.45) is 0 Å². The highest BCUT2D eigenvalue weighted by atomic mass is 32.2. The Morgan fingerprint density at radius 3 is 2.43 bits per heavy atom. The zero-order valence-electron chi connectivity index (χ0n) is 13.1. The Balaban J connectivity index is 1.70. The molecule has 1 heterocycles. The molecule has 0 unspecified atom stereocenters. The number of sulfonamides is 1. The highest BCUT2D eigenvalue weighted by Crippen LogP contribution is 2.11. The van der Waals surface area contributed by atoms with Crippen LogP contribution in [0.1, 0.15) is 18.4 Å². The van der Waals surface area contributed by atoms with E-state index in [0.717, 1.165) is 11.8 Å². The third-order valence-corrected chi connectivity index (χ3v) is 4.53. The summed E-state index contributed by atoms with van der Waals surface area (Å²) < 4.78 is 37.7. The number of nitrogens with one attached hydrogen (secondary N) is 2. The van der Waals surface area contributed by atoms with Gasteiger partial charge in [-0.25, -0.2) is 22.3 Å². The van der Waals surface area contributed by atoms with Gasteiger partial charge in [0.1, 0.15) is 5.82 Å². The quantitative estimate of drug-likeness (QED) is 0.840. The number of carbonyl (C=O) groups is 1. The van der Waals surface area contributed by atoms with Gasteiger partial charge in [-0.2, -0.15) is 0 Å². The third kappa shape index (κ3) is 6.15. The van der Waals surface area contributed by atoms with Crippen molar-refractivity contribution >= 4 is 16.1 Å². The second-order valence-corrected chi connectivity index (χ2v) is 7.54. The zero-order chi connectivity index (χ0) is 16.9. The van der Waals surface area contributed by atoms with Gasteiger partial charge in [0.2, 0.25) is 10.0 Å². The molecule has 23 heavy (non-hydrogen) atoms. The molecule has 0 spiro atoms. The van der Waals surface area contributed by atoms with E-state index in [4.69, 9.17) is 0 Å². The highest BCUT2D eigenvalue weighted by molar-refractivity contribution is 7.88. The molecule has 1 saturated heterocycles. The number of carbonyl (C=O) groups excluding carboxylic acids is 1. The molecule has 0 radical (unpaired) electrons. The van der Waals surface area contributed by atoms with E-state index in [1.165, 1.54) is 12.1 Å². The fourth-order valence-electron chi connectivity index (χ4n) is 2.58. The lowest BCUT2D eigenvalue weighted by atomic mass is 10.1. The predicted octanol–water partition coefficient (Wildman–Crippen LogP) is 1.09. The van der Waals surface area contributed by atoms with E-state index >= 15 is 0 Å². The Bertz CT molecular complexity index is 626. The van der Waals surface area contributed by atoms with Gasteiger partial charge in [0, 0.05) is 25.7 Å². The maximum Gasteiger partial charge on any atom is 0.317 e. The topological polar surface area (TPSA) is 78.5 Å². The van der Waals surface area contributed by atoms with Crippen LogP contribution >= 0.6 is 0 Å². The summed E-state index contributed by atoms with van der Waals surface area (Å²) in [7, 11) is -3.21. The van der Waals surface area contributed by atoms with Gasteiger partial charge in [-0.1, -0.05) is 12.1 Å². The normalized spacial score (nSPS) is 16.3. The van der Waals surface area contributed by atoms with Crippen LogP contribution in [0.4, 0.5) is 9.18 Å². The number of hydrogen-bond donors (Lipinski definition) is 2. The molecule has 1 fully saturated rings. The first-order chi connectivity index (χ1) is 10.8. The number of benzene rings is 1. The van der Waals surface area contributed by atoms with Gasteiger partial charge in [0.15, 0.2) is 0 Å². The van der Waals surface area contributed by atoms with Crippen molar-refractivity contribution in [3.63, 3.8) is 0 Å². The minimum Gasteiger partial charge on any atom is -0.338 e. The summed E-state index contributed by atoms with van der Waals surface area (Å²) in [6.45, 7) is 1.52. The Labute approximate surface area is 136 Å². The number of rotatable bonds is 5. The van der Waals surface area contributed by atoms with E-state index < -0.39 is 10.0 Å². The van der Waals surface area contributed by atoms with Crippen LogP contribution in [0.2, 0.25) is 0 Å². The van der Waals surface area contributed by atoms with E-state index in [1.807, 2.05) is 0 Å². The van der Waals surface area contributed by atoms with Gasteiger partial charge >= 0.3 is 6.03 Å². The van der Waals surface area contributed by atoms with Crippen LogP contribution in [0, 0.1) is 5.82 Å². The third-order valence-electron chi connectivity index (χ3n) is 3.77. The number of amides is 2. The van der Waals surface area contributed by atoms with Gasteiger partial charge in [0.25, 0.3) is 0 Å². The highest BCUT2D eigenvalue weighted by Gasteiger charge is 2.24.